The smallest absolute Gasteiger partial charge is 0.341 e. The van der Waals surface area contributed by atoms with Crippen LogP contribution in [0.3, 0.4) is 0 Å². The van der Waals surface area contributed by atoms with Crippen molar-refractivity contribution < 1.29 is 23.8 Å². The highest BCUT2D eigenvalue weighted by Gasteiger charge is 2.30. The van der Waals surface area contributed by atoms with Crippen molar-refractivity contribution in [2.75, 3.05) is 19.0 Å². The second-order valence-electron chi connectivity index (χ2n) is 7.20. The van der Waals surface area contributed by atoms with Crippen molar-refractivity contribution >= 4 is 28.2 Å². The van der Waals surface area contributed by atoms with Gasteiger partial charge in [-0.25, -0.2) is 4.79 Å². The van der Waals surface area contributed by atoms with Crippen molar-refractivity contribution in [3.63, 3.8) is 0 Å². The summed E-state index contributed by atoms with van der Waals surface area (Å²) in [4.78, 5) is 26.5. The van der Waals surface area contributed by atoms with Gasteiger partial charge in [0.1, 0.15) is 16.5 Å². The molecule has 1 aliphatic carbocycles. The second kappa shape index (κ2) is 9.31. The van der Waals surface area contributed by atoms with Crippen LogP contribution in [0, 0.1) is 5.92 Å². The van der Waals surface area contributed by atoms with Crippen molar-refractivity contribution in [1.82, 2.24) is 0 Å². The monoisotopic (exact) mass is 417 g/mol. The molecule has 2 aromatic rings. The molecule has 2 atom stereocenters. The first-order valence-corrected chi connectivity index (χ1v) is 10.7. The Morgan fingerprint density at radius 3 is 2.59 bits per heavy atom. The first kappa shape index (κ1) is 21.2. The standard InChI is InChI=1S/C22H27NO5S/c1-5-27-22(25)19-17-11-6-13(2)12-18(17)29-21(19)23-20(24)14(3)28-16-9-7-15(26-4)8-10-16/h7-10,13-14H,5-6,11-12H2,1-4H3,(H,23,24)/t13-,14+/m0/s1. The van der Waals surface area contributed by atoms with E-state index in [1.165, 1.54) is 11.3 Å². The Labute approximate surface area is 175 Å². The molecule has 1 aliphatic rings. The fourth-order valence-corrected chi connectivity index (χ4v) is 4.79. The summed E-state index contributed by atoms with van der Waals surface area (Å²) in [5.41, 5.74) is 1.52. The molecule has 0 saturated carbocycles. The third kappa shape index (κ3) is 4.90. The summed E-state index contributed by atoms with van der Waals surface area (Å²) in [6.07, 6.45) is 2.05. The Balaban J connectivity index is 1.77. The van der Waals surface area contributed by atoms with Crippen molar-refractivity contribution in [1.29, 1.82) is 0 Å². The zero-order valence-corrected chi connectivity index (χ0v) is 18.1. The zero-order chi connectivity index (χ0) is 21.0. The van der Waals surface area contributed by atoms with E-state index in [0.717, 1.165) is 29.7 Å². The number of thiophene rings is 1. The van der Waals surface area contributed by atoms with Crippen LogP contribution in [0.15, 0.2) is 24.3 Å². The lowest BCUT2D eigenvalue weighted by Crippen LogP contribution is -2.30. The van der Waals surface area contributed by atoms with E-state index in [1.54, 1.807) is 45.2 Å². The number of nitrogens with one attached hydrogen (secondary N) is 1. The summed E-state index contributed by atoms with van der Waals surface area (Å²) >= 11 is 1.47. The van der Waals surface area contributed by atoms with Gasteiger partial charge in [-0.2, -0.15) is 0 Å². The molecule has 156 valence electrons. The van der Waals surface area contributed by atoms with E-state index < -0.39 is 6.10 Å². The van der Waals surface area contributed by atoms with Gasteiger partial charge in [0, 0.05) is 4.88 Å². The minimum atomic E-state index is -0.725. The molecule has 3 rings (SSSR count). The number of fused-ring (bicyclic) bond motifs is 1. The maximum absolute atomic E-state index is 12.7. The molecule has 1 aromatic carbocycles. The second-order valence-corrected chi connectivity index (χ2v) is 8.31. The fraction of sp³-hybridized carbons (Fsp3) is 0.455. The molecular formula is C22H27NO5S. The summed E-state index contributed by atoms with van der Waals surface area (Å²) in [7, 11) is 1.59. The summed E-state index contributed by atoms with van der Waals surface area (Å²) in [6.45, 7) is 5.96. The fourth-order valence-electron chi connectivity index (χ4n) is 3.38. The molecule has 0 aliphatic heterocycles. The highest BCUT2D eigenvalue weighted by Crippen LogP contribution is 2.40. The number of amides is 1. The number of esters is 1. The number of rotatable bonds is 7. The van der Waals surface area contributed by atoms with Crippen LogP contribution in [-0.2, 0) is 22.4 Å². The minimum Gasteiger partial charge on any atom is -0.497 e. The predicted octanol–water partition coefficient (Wildman–Crippen LogP) is 4.46. The van der Waals surface area contributed by atoms with Crippen molar-refractivity contribution in [2.45, 2.75) is 46.1 Å². The van der Waals surface area contributed by atoms with E-state index in [1.807, 2.05) is 0 Å². The van der Waals surface area contributed by atoms with Crippen LogP contribution < -0.4 is 14.8 Å². The quantitative estimate of drug-likeness (QED) is 0.673. The lowest BCUT2D eigenvalue weighted by Gasteiger charge is -2.18. The molecule has 6 nitrogen and oxygen atoms in total. The minimum absolute atomic E-state index is 0.296. The van der Waals surface area contributed by atoms with Gasteiger partial charge in [-0.3, -0.25) is 4.79 Å². The predicted molar refractivity (Wildman–Crippen MR) is 113 cm³/mol. The van der Waals surface area contributed by atoms with Gasteiger partial charge in [0.25, 0.3) is 5.91 Å². The SMILES string of the molecule is CCOC(=O)c1c(NC(=O)[C@@H](C)Oc2ccc(OC)cc2)sc2c1CC[C@H](C)C2. The van der Waals surface area contributed by atoms with E-state index in [2.05, 4.69) is 12.2 Å². The Morgan fingerprint density at radius 2 is 1.93 bits per heavy atom. The van der Waals surface area contributed by atoms with Gasteiger partial charge in [-0.1, -0.05) is 6.92 Å². The van der Waals surface area contributed by atoms with Crippen LogP contribution in [-0.4, -0.2) is 31.7 Å². The Hall–Kier alpha value is -2.54. The van der Waals surface area contributed by atoms with E-state index in [0.29, 0.717) is 34.6 Å². The van der Waals surface area contributed by atoms with E-state index in [9.17, 15) is 9.59 Å². The summed E-state index contributed by atoms with van der Waals surface area (Å²) < 4.78 is 16.1. The van der Waals surface area contributed by atoms with Gasteiger partial charge in [-0.05, 0) is 68.9 Å². The number of methoxy groups -OCH3 is 1. The van der Waals surface area contributed by atoms with Crippen LogP contribution in [0.25, 0.3) is 0 Å². The topological polar surface area (TPSA) is 73.9 Å². The third-order valence-corrected chi connectivity index (χ3v) is 6.14. The van der Waals surface area contributed by atoms with Crippen LogP contribution in [0.2, 0.25) is 0 Å². The molecular weight excluding hydrogens is 390 g/mol. The van der Waals surface area contributed by atoms with Crippen LogP contribution in [0.1, 0.15) is 48.0 Å². The number of ether oxygens (including phenoxy) is 3. The summed E-state index contributed by atoms with van der Waals surface area (Å²) in [5.74, 6) is 1.17. The Morgan fingerprint density at radius 1 is 1.24 bits per heavy atom. The van der Waals surface area contributed by atoms with Crippen molar-refractivity contribution in [3.05, 3.63) is 40.3 Å². The number of benzene rings is 1. The van der Waals surface area contributed by atoms with E-state index >= 15 is 0 Å². The number of carbonyl (C=O) groups is 2. The van der Waals surface area contributed by atoms with Gasteiger partial charge in [0.05, 0.1) is 19.3 Å². The van der Waals surface area contributed by atoms with Gasteiger partial charge in [0.15, 0.2) is 6.10 Å². The Kier molecular flexibility index (Phi) is 6.79. The molecule has 0 bridgehead atoms. The molecule has 1 amide bonds. The molecule has 0 unspecified atom stereocenters. The largest absolute Gasteiger partial charge is 0.497 e. The molecule has 1 N–H and O–H groups in total. The average molecular weight is 418 g/mol. The lowest BCUT2D eigenvalue weighted by molar-refractivity contribution is -0.122. The molecule has 0 spiro atoms. The van der Waals surface area contributed by atoms with Gasteiger partial charge >= 0.3 is 5.97 Å². The normalized spacial score (nSPS) is 16.5. The highest BCUT2D eigenvalue weighted by atomic mass is 32.1. The van der Waals surface area contributed by atoms with Gasteiger partial charge in [-0.15, -0.1) is 11.3 Å². The van der Waals surface area contributed by atoms with Crippen LogP contribution >= 0.6 is 11.3 Å². The first-order chi connectivity index (χ1) is 13.9. The summed E-state index contributed by atoms with van der Waals surface area (Å²) in [5, 5.41) is 3.45. The molecule has 29 heavy (non-hydrogen) atoms. The zero-order valence-electron chi connectivity index (χ0n) is 17.2. The molecule has 1 aromatic heterocycles. The highest BCUT2D eigenvalue weighted by molar-refractivity contribution is 7.17. The van der Waals surface area contributed by atoms with Crippen LogP contribution in [0.4, 0.5) is 5.00 Å². The molecule has 0 saturated heterocycles. The number of anilines is 1. The van der Waals surface area contributed by atoms with Crippen molar-refractivity contribution in [3.8, 4) is 11.5 Å². The molecule has 1 heterocycles. The lowest BCUT2D eigenvalue weighted by atomic mass is 9.88. The number of hydrogen-bond acceptors (Lipinski definition) is 6. The van der Waals surface area contributed by atoms with Crippen LogP contribution in [0.5, 0.6) is 11.5 Å². The van der Waals surface area contributed by atoms with E-state index in [4.69, 9.17) is 14.2 Å². The number of carbonyl (C=O) groups excluding carboxylic acids is 2. The maximum Gasteiger partial charge on any atom is 0.341 e. The van der Waals surface area contributed by atoms with Gasteiger partial charge in [0.2, 0.25) is 0 Å². The molecule has 0 fully saturated rings. The van der Waals surface area contributed by atoms with E-state index in [-0.39, 0.29) is 11.9 Å². The number of hydrogen-bond donors (Lipinski definition) is 1. The van der Waals surface area contributed by atoms with Gasteiger partial charge < -0.3 is 19.5 Å². The molecule has 0 radical (unpaired) electrons. The molecule has 7 heteroatoms. The Bertz CT molecular complexity index is 874. The van der Waals surface area contributed by atoms with Crippen molar-refractivity contribution in [2.24, 2.45) is 5.92 Å². The average Bonchev–Trinajstić information content (AvgIpc) is 3.05. The third-order valence-electron chi connectivity index (χ3n) is 4.97. The maximum atomic E-state index is 12.7. The first-order valence-electron chi connectivity index (χ1n) is 9.86. The summed E-state index contributed by atoms with van der Waals surface area (Å²) in [6, 6.07) is 7.04.